The predicted octanol–water partition coefficient (Wildman–Crippen LogP) is 0.790. The zero-order valence-electron chi connectivity index (χ0n) is 13.9. The molecule has 6 heteroatoms. The minimum absolute atomic E-state index is 0.183. The number of amides is 1. The Balaban J connectivity index is 1.78. The van der Waals surface area contributed by atoms with Crippen LogP contribution in [-0.4, -0.2) is 84.9 Å². The predicted molar refractivity (Wildman–Crippen MR) is 83.3 cm³/mol. The lowest BCUT2D eigenvalue weighted by atomic mass is 10.2. The second kappa shape index (κ2) is 6.94. The van der Waals surface area contributed by atoms with E-state index in [4.69, 9.17) is 4.74 Å². The second-order valence-electron chi connectivity index (χ2n) is 6.92. The van der Waals surface area contributed by atoms with E-state index in [-0.39, 0.29) is 6.09 Å². The van der Waals surface area contributed by atoms with Gasteiger partial charge in [-0.05, 0) is 27.7 Å². The van der Waals surface area contributed by atoms with Crippen LogP contribution in [0.4, 0.5) is 4.79 Å². The largest absolute Gasteiger partial charge is 0.444 e. The van der Waals surface area contributed by atoms with Crippen LogP contribution in [0.1, 0.15) is 27.7 Å². The zero-order valence-corrected chi connectivity index (χ0v) is 13.9. The SMILES string of the molecule is CC(N1CCNCC1)N1CCN(C(=O)OC(C)(C)C)CC1. The van der Waals surface area contributed by atoms with Gasteiger partial charge in [-0.2, -0.15) is 0 Å². The minimum atomic E-state index is -0.414. The molecular formula is C15H30N4O2. The smallest absolute Gasteiger partial charge is 0.410 e. The van der Waals surface area contributed by atoms with Crippen LogP contribution in [0.2, 0.25) is 0 Å². The van der Waals surface area contributed by atoms with E-state index in [0.29, 0.717) is 6.17 Å². The Labute approximate surface area is 128 Å². The molecule has 2 fully saturated rings. The molecule has 2 heterocycles. The zero-order chi connectivity index (χ0) is 15.5. The molecule has 0 saturated carbocycles. The van der Waals surface area contributed by atoms with Crippen molar-refractivity contribution >= 4 is 6.09 Å². The van der Waals surface area contributed by atoms with Gasteiger partial charge in [0.05, 0.1) is 6.17 Å². The number of nitrogens with zero attached hydrogens (tertiary/aromatic N) is 3. The van der Waals surface area contributed by atoms with Crippen molar-refractivity contribution in [1.82, 2.24) is 20.0 Å². The first-order valence-electron chi connectivity index (χ1n) is 8.03. The van der Waals surface area contributed by atoms with Crippen molar-refractivity contribution in [3.63, 3.8) is 0 Å². The molecular weight excluding hydrogens is 268 g/mol. The van der Waals surface area contributed by atoms with Crippen molar-refractivity contribution in [2.75, 3.05) is 52.4 Å². The topological polar surface area (TPSA) is 48.0 Å². The molecule has 0 radical (unpaired) electrons. The van der Waals surface area contributed by atoms with Crippen molar-refractivity contribution in [3.8, 4) is 0 Å². The number of carbonyl (C=O) groups excluding carboxylic acids is 1. The van der Waals surface area contributed by atoms with Gasteiger partial charge >= 0.3 is 6.09 Å². The summed E-state index contributed by atoms with van der Waals surface area (Å²) in [4.78, 5) is 18.9. The van der Waals surface area contributed by atoms with Gasteiger partial charge in [0.25, 0.3) is 0 Å². The number of hydrogen-bond acceptors (Lipinski definition) is 5. The summed E-state index contributed by atoms with van der Waals surface area (Å²) in [7, 11) is 0. The lowest BCUT2D eigenvalue weighted by molar-refractivity contribution is -0.00969. The van der Waals surface area contributed by atoms with Crippen molar-refractivity contribution in [3.05, 3.63) is 0 Å². The van der Waals surface area contributed by atoms with E-state index in [2.05, 4.69) is 22.0 Å². The summed E-state index contributed by atoms with van der Waals surface area (Å²) < 4.78 is 5.44. The number of nitrogens with one attached hydrogen (secondary N) is 1. The maximum absolute atomic E-state index is 12.1. The number of carbonyl (C=O) groups is 1. The van der Waals surface area contributed by atoms with Crippen LogP contribution in [0.3, 0.4) is 0 Å². The molecule has 0 aromatic carbocycles. The van der Waals surface area contributed by atoms with Crippen LogP contribution in [0.25, 0.3) is 0 Å². The third-order valence-electron chi connectivity index (χ3n) is 4.17. The van der Waals surface area contributed by atoms with Crippen molar-refractivity contribution in [2.24, 2.45) is 0 Å². The Morgan fingerprint density at radius 2 is 1.52 bits per heavy atom. The van der Waals surface area contributed by atoms with E-state index in [1.807, 2.05) is 25.7 Å². The van der Waals surface area contributed by atoms with Gasteiger partial charge in [-0.25, -0.2) is 4.79 Å². The molecule has 1 amide bonds. The summed E-state index contributed by atoms with van der Waals surface area (Å²) in [6.07, 6.45) is 0.268. The third-order valence-corrected chi connectivity index (χ3v) is 4.17. The van der Waals surface area contributed by atoms with Gasteiger partial charge in [0.15, 0.2) is 0 Å². The van der Waals surface area contributed by atoms with E-state index in [0.717, 1.165) is 52.4 Å². The first kappa shape index (κ1) is 16.5. The fraction of sp³-hybridized carbons (Fsp3) is 0.933. The summed E-state index contributed by atoms with van der Waals surface area (Å²) >= 11 is 0. The highest BCUT2D eigenvalue weighted by Gasteiger charge is 2.29. The standard InChI is InChI=1S/C15H30N4O2/c1-13(17-7-5-16-6-8-17)18-9-11-19(12-10-18)14(20)21-15(2,3)4/h13,16H,5-12H2,1-4H3. The van der Waals surface area contributed by atoms with Gasteiger partial charge < -0.3 is 15.0 Å². The molecule has 21 heavy (non-hydrogen) atoms. The number of piperazine rings is 2. The first-order chi connectivity index (χ1) is 9.87. The van der Waals surface area contributed by atoms with Crippen LogP contribution >= 0.6 is 0 Å². The van der Waals surface area contributed by atoms with Crippen LogP contribution in [-0.2, 0) is 4.74 Å². The Morgan fingerprint density at radius 1 is 1.00 bits per heavy atom. The normalized spacial score (nSPS) is 23.9. The molecule has 2 aliphatic rings. The molecule has 0 aromatic rings. The first-order valence-corrected chi connectivity index (χ1v) is 8.03. The van der Waals surface area contributed by atoms with Gasteiger partial charge in [-0.1, -0.05) is 0 Å². The second-order valence-corrected chi connectivity index (χ2v) is 6.92. The Hall–Kier alpha value is -0.850. The van der Waals surface area contributed by atoms with E-state index in [1.54, 1.807) is 0 Å². The maximum Gasteiger partial charge on any atom is 0.410 e. The van der Waals surface area contributed by atoms with Gasteiger partial charge in [-0.15, -0.1) is 0 Å². The molecule has 1 N–H and O–H groups in total. The van der Waals surface area contributed by atoms with E-state index >= 15 is 0 Å². The molecule has 2 rings (SSSR count). The molecule has 6 nitrogen and oxygen atoms in total. The van der Waals surface area contributed by atoms with Crippen LogP contribution in [0.15, 0.2) is 0 Å². The molecule has 1 atom stereocenters. The van der Waals surface area contributed by atoms with Gasteiger partial charge in [0.2, 0.25) is 0 Å². The highest BCUT2D eigenvalue weighted by molar-refractivity contribution is 5.68. The summed E-state index contributed by atoms with van der Waals surface area (Å²) in [6, 6.07) is 0. The Bertz CT molecular complexity index is 342. The van der Waals surface area contributed by atoms with E-state index in [9.17, 15) is 4.79 Å². The van der Waals surface area contributed by atoms with Crippen LogP contribution in [0, 0.1) is 0 Å². The molecule has 0 aromatic heterocycles. The highest BCUT2D eigenvalue weighted by atomic mass is 16.6. The van der Waals surface area contributed by atoms with Crippen molar-refractivity contribution in [2.45, 2.75) is 39.5 Å². The van der Waals surface area contributed by atoms with Gasteiger partial charge in [0.1, 0.15) is 5.60 Å². The average Bonchev–Trinajstić information content (AvgIpc) is 2.46. The Morgan fingerprint density at radius 3 is 2.05 bits per heavy atom. The molecule has 0 aliphatic carbocycles. The van der Waals surface area contributed by atoms with Gasteiger partial charge in [-0.3, -0.25) is 9.80 Å². The molecule has 0 spiro atoms. The van der Waals surface area contributed by atoms with E-state index in [1.165, 1.54) is 0 Å². The fourth-order valence-corrected chi connectivity index (χ4v) is 2.89. The molecule has 2 aliphatic heterocycles. The number of hydrogen-bond donors (Lipinski definition) is 1. The fourth-order valence-electron chi connectivity index (χ4n) is 2.89. The Kier molecular flexibility index (Phi) is 5.46. The molecule has 1 unspecified atom stereocenters. The highest BCUT2D eigenvalue weighted by Crippen LogP contribution is 2.14. The average molecular weight is 298 g/mol. The maximum atomic E-state index is 12.1. The van der Waals surface area contributed by atoms with Crippen molar-refractivity contribution in [1.29, 1.82) is 0 Å². The van der Waals surface area contributed by atoms with E-state index < -0.39 is 5.60 Å². The lowest BCUT2D eigenvalue weighted by Crippen LogP contribution is -2.59. The summed E-state index contributed by atoms with van der Waals surface area (Å²) in [5.74, 6) is 0. The van der Waals surface area contributed by atoms with Crippen molar-refractivity contribution < 1.29 is 9.53 Å². The van der Waals surface area contributed by atoms with Crippen LogP contribution < -0.4 is 5.32 Å². The number of rotatable bonds is 2. The number of ether oxygens (including phenoxy) is 1. The van der Waals surface area contributed by atoms with Gasteiger partial charge in [0, 0.05) is 52.4 Å². The summed E-state index contributed by atoms with van der Waals surface area (Å²) in [5, 5.41) is 3.39. The summed E-state index contributed by atoms with van der Waals surface area (Å²) in [6.45, 7) is 15.7. The van der Waals surface area contributed by atoms with Crippen LogP contribution in [0.5, 0.6) is 0 Å². The quantitative estimate of drug-likeness (QED) is 0.817. The molecule has 2 saturated heterocycles. The monoisotopic (exact) mass is 298 g/mol. The third kappa shape index (κ3) is 4.83. The minimum Gasteiger partial charge on any atom is -0.444 e. The molecule has 122 valence electrons. The molecule has 0 bridgehead atoms. The summed E-state index contributed by atoms with van der Waals surface area (Å²) in [5.41, 5.74) is -0.414. The lowest BCUT2D eigenvalue weighted by Gasteiger charge is -2.43.